The molecule has 118 valence electrons. The van der Waals surface area contributed by atoms with Crippen LogP contribution in [0.1, 0.15) is 53.4 Å². The molecule has 0 amide bonds. The molecule has 0 aliphatic rings. The Kier molecular flexibility index (Phi) is 8.09. The monoisotopic (exact) mass is 302 g/mol. The second kappa shape index (κ2) is 8.45. The predicted molar refractivity (Wildman–Crippen MR) is 83.1 cm³/mol. The van der Waals surface area contributed by atoms with E-state index < -0.39 is 14.3 Å². The summed E-state index contributed by atoms with van der Waals surface area (Å²) >= 11 is 0. The SMILES string of the molecule is CC(C)CC(CC(C)C)[Si](C)(C)OC(=O)CCC(=O)O. The Bertz CT molecular complexity index is 314. The Morgan fingerprint density at radius 1 is 1.00 bits per heavy atom. The molecule has 0 aromatic carbocycles. The van der Waals surface area contributed by atoms with Crippen LogP contribution in [-0.2, 0) is 14.0 Å². The van der Waals surface area contributed by atoms with E-state index in [1.54, 1.807) is 0 Å². The van der Waals surface area contributed by atoms with Crippen LogP contribution < -0.4 is 0 Å². The number of carboxylic acid groups (broad SMARTS) is 1. The number of hydrogen-bond acceptors (Lipinski definition) is 3. The molecule has 0 saturated carbocycles. The zero-order valence-electron chi connectivity index (χ0n) is 13.7. The third-order valence-electron chi connectivity index (χ3n) is 3.41. The van der Waals surface area contributed by atoms with E-state index in [0.717, 1.165) is 12.8 Å². The van der Waals surface area contributed by atoms with Gasteiger partial charge < -0.3 is 9.53 Å². The van der Waals surface area contributed by atoms with Crippen molar-refractivity contribution >= 4 is 20.3 Å². The third kappa shape index (κ3) is 8.35. The van der Waals surface area contributed by atoms with Gasteiger partial charge in [0.25, 0.3) is 14.3 Å². The second-order valence-electron chi connectivity index (χ2n) is 6.93. The van der Waals surface area contributed by atoms with E-state index in [1.165, 1.54) is 0 Å². The van der Waals surface area contributed by atoms with Crippen molar-refractivity contribution in [2.45, 2.75) is 72.0 Å². The quantitative estimate of drug-likeness (QED) is 0.652. The maximum Gasteiger partial charge on any atom is 0.303 e. The van der Waals surface area contributed by atoms with E-state index in [4.69, 9.17) is 9.53 Å². The van der Waals surface area contributed by atoms with Crippen molar-refractivity contribution in [2.24, 2.45) is 11.8 Å². The smallest absolute Gasteiger partial charge is 0.303 e. The summed E-state index contributed by atoms with van der Waals surface area (Å²) in [5.41, 5.74) is 0.427. The highest BCUT2D eigenvalue weighted by atomic mass is 28.4. The fourth-order valence-corrected chi connectivity index (χ4v) is 5.37. The first-order chi connectivity index (χ1) is 9.04. The molecule has 0 aliphatic carbocycles. The topological polar surface area (TPSA) is 63.6 Å². The van der Waals surface area contributed by atoms with Crippen molar-refractivity contribution in [3.8, 4) is 0 Å². The van der Waals surface area contributed by atoms with E-state index in [-0.39, 0.29) is 18.8 Å². The lowest BCUT2D eigenvalue weighted by Crippen LogP contribution is -2.40. The van der Waals surface area contributed by atoms with Gasteiger partial charge in [0, 0.05) is 0 Å². The predicted octanol–water partition coefficient (Wildman–Crippen LogP) is 4.06. The Morgan fingerprint density at radius 3 is 1.80 bits per heavy atom. The normalized spacial score (nSPS) is 12.2. The molecule has 0 aromatic rings. The van der Waals surface area contributed by atoms with Crippen molar-refractivity contribution in [1.29, 1.82) is 0 Å². The van der Waals surface area contributed by atoms with Crippen LogP contribution in [0.2, 0.25) is 18.6 Å². The molecule has 0 aliphatic heterocycles. The molecular weight excluding hydrogens is 272 g/mol. The van der Waals surface area contributed by atoms with E-state index >= 15 is 0 Å². The number of carbonyl (C=O) groups is 2. The molecule has 0 fully saturated rings. The molecule has 0 heterocycles. The maximum atomic E-state index is 11.8. The van der Waals surface area contributed by atoms with Crippen LogP contribution in [0.25, 0.3) is 0 Å². The largest absolute Gasteiger partial charge is 0.519 e. The number of carboxylic acids is 1. The summed E-state index contributed by atoms with van der Waals surface area (Å²) in [5.74, 6) is -0.171. The minimum atomic E-state index is -2.14. The Morgan fingerprint density at radius 2 is 1.45 bits per heavy atom. The molecule has 0 bridgehead atoms. The van der Waals surface area contributed by atoms with Crippen LogP contribution in [0.5, 0.6) is 0 Å². The summed E-state index contributed by atoms with van der Waals surface area (Å²) in [4.78, 5) is 22.3. The van der Waals surface area contributed by atoms with Crippen molar-refractivity contribution in [3.63, 3.8) is 0 Å². The fraction of sp³-hybridized carbons (Fsp3) is 0.867. The van der Waals surface area contributed by atoms with Gasteiger partial charge >= 0.3 is 5.97 Å². The first-order valence-electron chi connectivity index (χ1n) is 7.48. The standard InChI is InChI=1S/C15H30O4Si/c1-11(2)9-13(10-12(3)4)20(5,6)19-15(18)8-7-14(16)17/h11-13H,7-10H2,1-6H3,(H,16,17). The van der Waals surface area contributed by atoms with Gasteiger partial charge in [-0.1, -0.05) is 27.7 Å². The van der Waals surface area contributed by atoms with Crippen molar-refractivity contribution in [2.75, 3.05) is 0 Å². The van der Waals surface area contributed by atoms with E-state index in [1.807, 2.05) is 0 Å². The average Bonchev–Trinajstić information content (AvgIpc) is 2.23. The van der Waals surface area contributed by atoms with E-state index in [0.29, 0.717) is 17.4 Å². The van der Waals surface area contributed by atoms with Crippen LogP contribution in [0, 0.1) is 11.8 Å². The van der Waals surface area contributed by atoms with Crippen molar-refractivity contribution < 1.29 is 19.1 Å². The number of hydrogen-bond donors (Lipinski definition) is 1. The van der Waals surface area contributed by atoms with E-state index in [9.17, 15) is 9.59 Å². The molecule has 20 heavy (non-hydrogen) atoms. The first kappa shape index (κ1) is 19.2. The van der Waals surface area contributed by atoms with Crippen LogP contribution in [0.3, 0.4) is 0 Å². The van der Waals surface area contributed by atoms with Crippen LogP contribution in [0.4, 0.5) is 0 Å². The Hall–Kier alpha value is -0.843. The lowest BCUT2D eigenvalue weighted by molar-refractivity contribution is -0.142. The number of aliphatic carboxylic acids is 1. The highest BCUT2D eigenvalue weighted by molar-refractivity contribution is 6.74. The number of rotatable bonds is 9. The minimum Gasteiger partial charge on any atom is -0.519 e. The van der Waals surface area contributed by atoms with Gasteiger partial charge in [-0.15, -0.1) is 0 Å². The minimum absolute atomic E-state index is 0.0260. The summed E-state index contributed by atoms with van der Waals surface area (Å²) in [5, 5.41) is 8.61. The second-order valence-corrected chi connectivity index (χ2v) is 11.2. The molecule has 0 spiro atoms. The summed E-state index contributed by atoms with van der Waals surface area (Å²) in [7, 11) is -2.14. The van der Waals surface area contributed by atoms with E-state index in [2.05, 4.69) is 40.8 Å². The van der Waals surface area contributed by atoms with Gasteiger partial charge in [0.2, 0.25) is 0 Å². The van der Waals surface area contributed by atoms with Gasteiger partial charge in [-0.05, 0) is 43.3 Å². The van der Waals surface area contributed by atoms with Gasteiger partial charge in [-0.2, -0.15) is 0 Å². The molecule has 0 saturated heterocycles. The van der Waals surface area contributed by atoms with Crippen molar-refractivity contribution in [1.82, 2.24) is 0 Å². The van der Waals surface area contributed by atoms with Gasteiger partial charge in [0.1, 0.15) is 0 Å². The van der Waals surface area contributed by atoms with Crippen LogP contribution >= 0.6 is 0 Å². The molecule has 0 atom stereocenters. The van der Waals surface area contributed by atoms with Crippen LogP contribution in [-0.4, -0.2) is 25.4 Å². The summed E-state index contributed by atoms with van der Waals surface area (Å²) < 4.78 is 5.69. The molecule has 0 aromatic heterocycles. The van der Waals surface area contributed by atoms with Gasteiger partial charge in [-0.3, -0.25) is 9.59 Å². The van der Waals surface area contributed by atoms with Gasteiger partial charge in [0.15, 0.2) is 0 Å². The summed E-state index contributed by atoms with van der Waals surface area (Å²) in [6, 6.07) is 0. The lowest BCUT2D eigenvalue weighted by Gasteiger charge is -2.34. The maximum absolute atomic E-state index is 11.8. The molecule has 4 nitrogen and oxygen atoms in total. The highest BCUT2D eigenvalue weighted by Gasteiger charge is 2.37. The van der Waals surface area contributed by atoms with Crippen LogP contribution in [0.15, 0.2) is 0 Å². The number of carbonyl (C=O) groups excluding carboxylic acids is 1. The molecule has 0 rings (SSSR count). The molecule has 5 heteroatoms. The molecule has 1 N–H and O–H groups in total. The average molecular weight is 302 g/mol. The fourth-order valence-electron chi connectivity index (χ4n) is 2.44. The Labute approximate surface area is 124 Å². The Balaban J connectivity index is 4.66. The zero-order valence-corrected chi connectivity index (χ0v) is 14.7. The summed E-state index contributed by atoms with van der Waals surface area (Å²) in [6.45, 7) is 12.9. The van der Waals surface area contributed by atoms with Gasteiger partial charge in [0.05, 0.1) is 12.8 Å². The molecular formula is C15H30O4Si. The molecule has 0 unspecified atom stereocenters. The molecule has 0 radical (unpaired) electrons. The van der Waals surface area contributed by atoms with Crippen molar-refractivity contribution in [3.05, 3.63) is 0 Å². The highest BCUT2D eigenvalue weighted by Crippen LogP contribution is 2.35. The summed E-state index contributed by atoms with van der Waals surface area (Å²) in [6.07, 6.45) is 1.94. The third-order valence-corrected chi connectivity index (χ3v) is 6.61. The first-order valence-corrected chi connectivity index (χ1v) is 10.5. The lowest BCUT2D eigenvalue weighted by atomic mass is 10.0. The van der Waals surface area contributed by atoms with Gasteiger partial charge in [-0.25, -0.2) is 0 Å². The zero-order chi connectivity index (χ0) is 15.9.